The van der Waals surface area contributed by atoms with Gasteiger partial charge in [0.1, 0.15) is 0 Å². The summed E-state index contributed by atoms with van der Waals surface area (Å²) in [6, 6.07) is 43.4. The standard InChI is InChI=1S/C29H22/c1-3-11-22(12-4-1)26-17-9-8-16-25(26)21-29-27-18-10-7-15-24(27)19-20-28(29)23-13-5-2-6-14-23/h1-20H,21H2. The number of hydrogen-bond donors (Lipinski definition) is 0. The van der Waals surface area contributed by atoms with Gasteiger partial charge >= 0.3 is 0 Å². The first-order chi connectivity index (χ1) is 14.4. The van der Waals surface area contributed by atoms with Crippen LogP contribution in [0, 0.1) is 0 Å². The van der Waals surface area contributed by atoms with Crippen LogP contribution in [0.4, 0.5) is 0 Å². The zero-order valence-electron chi connectivity index (χ0n) is 16.3. The molecule has 0 saturated heterocycles. The lowest BCUT2D eigenvalue weighted by Crippen LogP contribution is -1.97. The third kappa shape index (κ3) is 3.46. The summed E-state index contributed by atoms with van der Waals surface area (Å²) < 4.78 is 0. The van der Waals surface area contributed by atoms with Crippen molar-refractivity contribution in [2.24, 2.45) is 0 Å². The smallest absolute Gasteiger partial charge is 0.000729 e. The second-order valence-electron chi connectivity index (χ2n) is 7.38. The summed E-state index contributed by atoms with van der Waals surface area (Å²) in [7, 11) is 0. The average Bonchev–Trinajstić information content (AvgIpc) is 2.81. The molecule has 0 heterocycles. The Hall–Kier alpha value is -3.64. The van der Waals surface area contributed by atoms with Crippen LogP contribution in [0.5, 0.6) is 0 Å². The molecule has 0 spiro atoms. The molecule has 0 radical (unpaired) electrons. The molecular formula is C29H22. The molecule has 138 valence electrons. The monoisotopic (exact) mass is 370 g/mol. The quantitative estimate of drug-likeness (QED) is 0.303. The first-order valence-electron chi connectivity index (χ1n) is 10.1. The van der Waals surface area contributed by atoms with E-state index in [-0.39, 0.29) is 0 Å². The first-order valence-corrected chi connectivity index (χ1v) is 10.1. The van der Waals surface area contributed by atoms with Gasteiger partial charge in [0.15, 0.2) is 0 Å². The fraction of sp³-hybridized carbons (Fsp3) is 0.0345. The molecule has 0 N–H and O–H groups in total. The van der Waals surface area contributed by atoms with Crippen LogP contribution < -0.4 is 0 Å². The third-order valence-corrected chi connectivity index (χ3v) is 5.59. The fourth-order valence-electron chi connectivity index (χ4n) is 4.18. The van der Waals surface area contributed by atoms with E-state index in [0.717, 1.165) is 6.42 Å². The first kappa shape index (κ1) is 17.5. The minimum atomic E-state index is 0.899. The van der Waals surface area contributed by atoms with Crippen LogP contribution >= 0.6 is 0 Å². The van der Waals surface area contributed by atoms with Crippen LogP contribution in [0.15, 0.2) is 121 Å². The Bertz CT molecular complexity index is 1250. The number of benzene rings is 5. The lowest BCUT2D eigenvalue weighted by Gasteiger charge is -2.16. The molecule has 0 amide bonds. The van der Waals surface area contributed by atoms with Crippen molar-refractivity contribution in [3.05, 3.63) is 132 Å². The highest BCUT2D eigenvalue weighted by Gasteiger charge is 2.13. The maximum Gasteiger partial charge on any atom is -0.000729 e. The summed E-state index contributed by atoms with van der Waals surface area (Å²) in [6.45, 7) is 0. The van der Waals surface area contributed by atoms with E-state index in [1.54, 1.807) is 0 Å². The van der Waals surface area contributed by atoms with E-state index in [4.69, 9.17) is 0 Å². The summed E-state index contributed by atoms with van der Waals surface area (Å²) in [5.41, 5.74) is 7.90. The van der Waals surface area contributed by atoms with Crippen LogP contribution in [-0.2, 0) is 6.42 Å². The minimum absolute atomic E-state index is 0.899. The SMILES string of the molecule is c1ccc(-c2ccccc2Cc2c(-c3ccccc3)ccc3ccccc23)cc1. The molecule has 0 atom stereocenters. The molecule has 5 aromatic carbocycles. The second-order valence-corrected chi connectivity index (χ2v) is 7.38. The van der Waals surface area contributed by atoms with Crippen molar-refractivity contribution < 1.29 is 0 Å². The number of rotatable bonds is 4. The molecule has 0 saturated carbocycles. The van der Waals surface area contributed by atoms with Gasteiger partial charge in [0.25, 0.3) is 0 Å². The van der Waals surface area contributed by atoms with E-state index in [9.17, 15) is 0 Å². The third-order valence-electron chi connectivity index (χ3n) is 5.59. The predicted molar refractivity (Wildman–Crippen MR) is 124 cm³/mol. The van der Waals surface area contributed by atoms with Gasteiger partial charge in [0, 0.05) is 0 Å². The van der Waals surface area contributed by atoms with Crippen LogP contribution in [0.3, 0.4) is 0 Å². The second kappa shape index (κ2) is 7.77. The maximum absolute atomic E-state index is 2.28. The summed E-state index contributed by atoms with van der Waals surface area (Å²) in [5.74, 6) is 0. The summed E-state index contributed by atoms with van der Waals surface area (Å²) in [4.78, 5) is 0. The van der Waals surface area contributed by atoms with E-state index in [1.807, 2.05) is 0 Å². The Labute approximate surface area is 172 Å². The van der Waals surface area contributed by atoms with Crippen molar-refractivity contribution in [3.63, 3.8) is 0 Å². The van der Waals surface area contributed by atoms with Gasteiger partial charge < -0.3 is 0 Å². The molecule has 0 bridgehead atoms. The topological polar surface area (TPSA) is 0 Å². The van der Waals surface area contributed by atoms with Gasteiger partial charge in [-0.3, -0.25) is 0 Å². The molecule has 0 aliphatic rings. The lowest BCUT2D eigenvalue weighted by molar-refractivity contribution is 1.22. The van der Waals surface area contributed by atoms with Crippen LogP contribution in [0.25, 0.3) is 33.0 Å². The van der Waals surface area contributed by atoms with Gasteiger partial charge in [-0.05, 0) is 50.6 Å². The van der Waals surface area contributed by atoms with E-state index < -0.39 is 0 Å². The van der Waals surface area contributed by atoms with Crippen molar-refractivity contribution >= 4 is 10.8 Å². The average molecular weight is 370 g/mol. The van der Waals surface area contributed by atoms with Crippen LogP contribution in [0.2, 0.25) is 0 Å². The highest BCUT2D eigenvalue weighted by Crippen LogP contribution is 2.34. The largest absolute Gasteiger partial charge is 0.0622 e. The molecule has 5 rings (SSSR count). The number of fused-ring (bicyclic) bond motifs is 1. The Balaban J connectivity index is 1.71. The maximum atomic E-state index is 2.28. The van der Waals surface area contributed by atoms with Gasteiger partial charge in [0.05, 0.1) is 0 Å². The lowest BCUT2D eigenvalue weighted by atomic mass is 9.88. The Morgan fingerprint density at radius 3 is 1.76 bits per heavy atom. The van der Waals surface area contributed by atoms with Crippen molar-refractivity contribution in [3.8, 4) is 22.3 Å². The molecule has 0 unspecified atom stereocenters. The summed E-state index contributed by atoms with van der Waals surface area (Å²) >= 11 is 0. The van der Waals surface area contributed by atoms with Crippen molar-refractivity contribution in [1.82, 2.24) is 0 Å². The van der Waals surface area contributed by atoms with E-state index >= 15 is 0 Å². The van der Waals surface area contributed by atoms with Gasteiger partial charge in [-0.2, -0.15) is 0 Å². The van der Waals surface area contributed by atoms with E-state index in [2.05, 4.69) is 121 Å². The van der Waals surface area contributed by atoms with E-state index in [1.165, 1.54) is 44.2 Å². The Morgan fingerprint density at radius 1 is 0.414 bits per heavy atom. The molecule has 0 fully saturated rings. The fourth-order valence-corrected chi connectivity index (χ4v) is 4.18. The van der Waals surface area contributed by atoms with Gasteiger partial charge in [0.2, 0.25) is 0 Å². The highest BCUT2D eigenvalue weighted by atomic mass is 14.2. The van der Waals surface area contributed by atoms with Crippen LogP contribution in [0.1, 0.15) is 11.1 Å². The number of hydrogen-bond acceptors (Lipinski definition) is 0. The molecular weight excluding hydrogens is 348 g/mol. The van der Waals surface area contributed by atoms with E-state index in [0.29, 0.717) is 0 Å². The molecule has 0 aliphatic heterocycles. The molecule has 5 aromatic rings. The minimum Gasteiger partial charge on any atom is -0.0622 e. The van der Waals surface area contributed by atoms with Crippen molar-refractivity contribution in [1.29, 1.82) is 0 Å². The Kier molecular flexibility index (Phi) is 4.68. The van der Waals surface area contributed by atoms with Crippen molar-refractivity contribution in [2.45, 2.75) is 6.42 Å². The van der Waals surface area contributed by atoms with Gasteiger partial charge in [-0.1, -0.05) is 121 Å². The van der Waals surface area contributed by atoms with Crippen molar-refractivity contribution in [2.75, 3.05) is 0 Å². The molecule has 29 heavy (non-hydrogen) atoms. The molecule has 0 aromatic heterocycles. The zero-order chi connectivity index (χ0) is 19.5. The van der Waals surface area contributed by atoms with Gasteiger partial charge in [-0.25, -0.2) is 0 Å². The Morgan fingerprint density at radius 2 is 1.00 bits per heavy atom. The van der Waals surface area contributed by atoms with Crippen LogP contribution in [-0.4, -0.2) is 0 Å². The normalized spacial score (nSPS) is 10.9. The summed E-state index contributed by atoms with van der Waals surface area (Å²) in [6.07, 6.45) is 0.899. The highest BCUT2D eigenvalue weighted by molar-refractivity contribution is 5.92. The zero-order valence-corrected chi connectivity index (χ0v) is 16.3. The van der Waals surface area contributed by atoms with Gasteiger partial charge in [-0.15, -0.1) is 0 Å². The predicted octanol–water partition coefficient (Wildman–Crippen LogP) is 7.76. The molecule has 0 aliphatic carbocycles. The molecule has 0 heteroatoms. The molecule has 0 nitrogen and oxygen atoms in total. The summed E-state index contributed by atoms with van der Waals surface area (Å²) in [5, 5.41) is 2.62.